The molecule has 1 aliphatic carbocycles. The Morgan fingerprint density at radius 3 is 2.20 bits per heavy atom. The third kappa shape index (κ3) is 3.20. The molecule has 2 heteroatoms. The van der Waals surface area contributed by atoms with Crippen LogP contribution in [0.5, 0.6) is 0 Å². The van der Waals surface area contributed by atoms with Crippen molar-refractivity contribution in [3.8, 4) is 0 Å². The van der Waals surface area contributed by atoms with Gasteiger partial charge in [-0.25, -0.2) is 0 Å². The first-order chi connectivity index (χ1) is 4.79. The number of halogens is 2. The van der Waals surface area contributed by atoms with Crippen LogP contribution in [-0.4, -0.2) is 0 Å². The van der Waals surface area contributed by atoms with Crippen LogP contribution in [0.15, 0.2) is 9.47 Å². The van der Waals surface area contributed by atoms with Crippen molar-refractivity contribution < 1.29 is 0 Å². The van der Waals surface area contributed by atoms with E-state index in [1.807, 2.05) is 0 Å². The van der Waals surface area contributed by atoms with E-state index in [-0.39, 0.29) is 0 Å². The van der Waals surface area contributed by atoms with Gasteiger partial charge in [-0.3, -0.25) is 0 Å². The standard InChI is InChI=1S/C8H12Br2/c9-8(10)6-7-4-2-1-3-5-7/h6-7H,1-5H2. The lowest BCUT2D eigenvalue weighted by Crippen LogP contribution is -2.02. The Labute approximate surface area is 79.3 Å². The van der Waals surface area contributed by atoms with E-state index < -0.39 is 0 Å². The largest absolute Gasteiger partial charge is 0.0601 e. The highest BCUT2D eigenvalue weighted by Crippen LogP contribution is 2.28. The van der Waals surface area contributed by atoms with Crippen LogP contribution in [-0.2, 0) is 0 Å². The van der Waals surface area contributed by atoms with Crippen molar-refractivity contribution in [2.45, 2.75) is 32.1 Å². The van der Waals surface area contributed by atoms with E-state index in [2.05, 4.69) is 37.9 Å². The van der Waals surface area contributed by atoms with Crippen molar-refractivity contribution in [1.29, 1.82) is 0 Å². The van der Waals surface area contributed by atoms with Gasteiger partial charge < -0.3 is 0 Å². The molecule has 0 spiro atoms. The zero-order valence-electron chi connectivity index (χ0n) is 5.95. The Hall–Kier alpha value is 0.700. The van der Waals surface area contributed by atoms with Crippen LogP contribution in [0.3, 0.4) is 0 Å². The molecule has 0 heterocycles. The van der Waals surface area contributed by atoms with Crippen LogP contribution in [0.1, 0.15) is 32.1 Å². The summed E-state index contributed by atoms with van der Waals surface area (Å²) in [6.07, 6.45) is 9.29. The maximum absolute atomic E-state index is 3.39. The summed E-state index contributed by atoms with van der Waals surface area (Å²) < 4.78 is 1.12. The molecule has 1 rings (SSSR count). The molecule has 0 bridgehead atoms. The van der Waals surface area contributed by atoms with Gasteiger partial charge in [0, 0.05) is 0 Å². The highest BCUT2D eigenvalue weighted by atomic mass is 79.9. The van der Waals surface area contributed by atoms with Crippen molar-refractivity contribution in [2.75, 3.05) is 0 Å². The fourth-order valence-corrected chi connectivity index (χ4v) is 2.23. The van der Waals surface area contributed by atoms with E-state index in [1.165, 1.54) is 32.1 Å². The lowest BCUT2D eigenvalue weighted by molar-refractivity contribution is 0.419. The predicted octanol–water partition coefficient (Wildman–Crippen LogP) is 4.20. The Morgan fingerprint density at radius 1 is 1.10 bits per heavy atom. The van der Waals surface area contributed by atoms with Gasteiger partial charge in [0.25, 0.3) is 0 Å². The zero-order valence-corrected chi connectivity index (χ0v) is 9.12. The van der Waals surface area contributed by atoms with Crippen LogP contribution in [0.4, 0.5) is 0 Å². The van der Waals surface area contributed by atoms with Crippen LogP contribution in [0.2, 0.25) is 0 Å². The second-order valence-electron chi connectivity index (χ2n) is 2.85. The Bertz CT molecular complexity index is 119. The van der Waals surface area contributed by atoms with Crippen molar-refractivity contribution in [2.24, 2.45) is 5.92 Å². The van der Waals surface area contributed by atoms with Gasteiger partial charge in [-0.2, -0.15) is 0 Å². The number of hydrogen-bond donors (Lipinski definition) is 0. The topological polar surface area (TPSA) is 0 Å². The maximum Gasteiger partial charge on any atom is 0.0567 e. The molecule has 0 aromatic carbocycles. The summed E-state index contributed by atoms with van der Waals surface area (Å²) in [6.45, 7) is 0. The van der Waals surface area contributed by atoms with Gasteiger partial charge >= 0.3 is 0 Å². The Balaban J connectivity index is 2.33. The van der Waals surface area contributed by atoms with Gasteiger partial charge in [-0.15, -0.1) is 0 Å². The molecule has 0 saturated heterocycles. The SMILES string of the molecule is BrC(Br)=CC1CCCCC1. The monoisotopic (exact) mass is 266 g/mol. The summed E-state index contributed by atoms with van der Waals surface area (Å²) in [5.74, 6) is 0.822. The summed E-state index contributed by atoms with van der Waals surface area (Å²) in [7, 11) is 0. The predicted molar refractivity (Wildman–Crippen MR) is 52.5 cm³/mol. The summed E-state index contributed by atoms with van der Waals surface area (Å²) in [4.78, 5) is 0. The molecule has 1 fully saturated rings. The summed E-state index contributed by atoms with van der Waals surface area (Å²) in [5.41, 5.74) is 0. The first-order valence-electron chi connectivity index (χ1n) is 3.82. The number of rotatable bonds is 1. The Morgan fingerprint density at radius 2 is 1.70 bits per heavy atom. The van der Waals surface area contributed by atoms with Gasteiger partial charge in [-0.05, 0) is 50.6 Å². The lowest BCUT2D eigenvalue weighted by Gasteiger charge is -2.17. The van der Waals surface area contributed by atoms with E-state index in [1.54, 1.807) is 0 Å². The molecule has 58 valence electrons. The normalized spacial score (nSPS) is 20.6. The van der Waals surface area contributed by atoms with E-state index in [4.69, 9.17) is 0 Å². The average Bonchev–Trinajstić information content (AvgIpc) is 1.88. The second-order valence-corrected chi connectivity index (χ2v) is 5.63. The van der Waals surface area contributed by atoms with Gasteiger partial charge in [0.15, 0.2) is 0 Å². The van der Waals surface area contributed by atoms with Crippen LogP contribution >= 0.6 is 31.9 Å². The third-order valence-corrected chi connectivity index (χ3v) is 2.54. The van der Waals surface area contributed by atoms with Gasteiger partial charge in [0.2, 0.25) is 0 Å². The minimum Gasteiger partial charge on any atom is -0.0601 e. The van der Waals surface area contributed by atoms with E-state index in [9.17, 15) is 0 Å². The quantitative estimate of drug-likeness (QED) is 0.668. The third-order valence-electron chi connectivity index (χ3n) is 2.01. The minimum atomic E-state index is 0.822. The van der Waals surface area contributed by atoms with Gasteiger partial charge in [0.1, 0.15) is 0 Å². The molecular formula is C8H12Br2. The highest BCUT2D eigenvalue weighted by molar-refractivity contribution is 9.28. The van der Waals surface area contributed by atoms with Gasteiger partial charge in [-0.1, -0.05) is 25.3 Å². The molecule has 0 aliphatic heterocycles. The van der Waals surface area contributed by atoms with E-state index in [0.29, 0.717) is 0 Å². The van der Waals surface area contributed by atoms with Crippen LogP contribution < -0.4 is 0 Å². The zero-order chi connectivity index (χ0) is 7.40. The second kappa shape index (κ2) is 4.55. The van der Waals surface area contributed by atoms with Crippen molar-refractivity contribution in [3.05, 3.63) is 9.47 Å². The summed E-state index contributed by atoms with van der Waals surface area (Å²) >= 11 is 6.78. The fourth-order valence-electron chi connectivity index (χ4n) is 1.48. The van der Waals surface area contributed by atoms with Gasteiger partial charge in [0.05, 0.1) is 3.39 Å². The summed E-state index contributed by atoms with van der Waals surface area (Å²) in [5, 5.41) is 0. The molecule has 0 aromatic heterocycles. The fraction of sp³-hybridized carbons (Fsp3) is 0.750. The number of hydrogen-bond acceptors (Lipinski definition) is 0. The molecule has 10 heavy (non-hydrogen) atoms. The molecule has 0 unspecified atom stereocenters. The first kappa shape index (κ1) is 8.79. The molecule has 0 N–H and O–H groups in total. The van der Waals surface area contributed by atoms with Crippen molar-refractivity contribution >= 4 is 31.9 Å². The van der Waals surface area contributed by atoms with E-state index >= 15 is 0 Å². The maximum atomic E-state index is 3.39. The lowest BCUT2D eigenvalue weighted by atomic mass is 9.90. The minimum absolute atomic E-state index is 0.822. The summed E-state index contributed by atoms with van der Waals surface area (Å²) in [6, 6.07) is 0. The van der Waals surface area contributed by atoms with Crippen LogP contribution in [0.25, 0.3) is 0 Å². The van der Waals surface area contributed by atoms with Crippen molar-refractivity contribution in [1.82, 2.24) is 0 Å². The molecule has 1 aliphatic rings. The van der Waals surface area contributed by atoms with Crippen LogP contribution in [0, 0.1) is 5.92 Å². The average molecular weight is 268 g/mol. The van der Waals surface area contributed by atoms with Crippen molar-refractivity contribution in [3.63, 3.8) is 0 Å². The smallest absolute Gasteiger partial charge is 0.0567 e. The molecule has 1 saturated carbocycles. The molecular weight excluding hydrogens is 256 g/mol. The molecule has 0 aromatic rings. The van der Waals surface area contributed by atoms with E-state index in [0.717, 1.165) is 9.31 Å². The Kier molecular flexibility index (Phi) is 4.00. The highest BCUT2D eigenvalue weighted by Gasteiger charge is 2.10. The molecule has 0 nitrogen and oxygen atoms in total. The first-order valence-corrected chi connectivity index (χ1v) is 5.40. The molecule has 0 atom stereocenters. The molecule has 0 radical (unpaired) electrons. The number of allylic oxidation sites excluding steroid dienone is 1. The molecule has 0 amide bonds.